The SMILES string of the molecule is COCCNCCOC.Cc1ccc(-c2ccc(NC(=O)Nc3cc(C(C)(C)C)nn3-c3cnc(C)nc3)c3ccccc23)cn1. The Hall–Kier alpha value is -4.71. The summed E-state index contributed by atoms with van der Waals surface area (Å²) in [5, 5.41) is 15.8. The van der Waals surface area contributed by atoms with E-state index in [4.69, 9.17) is 14.6 Å². The lowest BCUT2D eigenvalue weighted by molar-refractivity contribution is 0.180. The van der Waals surface area contributed by atoms with Crippen molar-refractivity contribution in [2.24, 2.45) is 0 Å². The van der Waals surface area contributed by atoms with E-state index in [1.165, 1.54) is 0 Å². The number of rotatable bonds is 10. The first-order chi connectivity index (χ1) is 22.1. The van der Waals surface area contributed by atoms with E-state index in [2.05, 4.69) is 63.8 Å². The number of pyridine rings is 1. The van der Waals surface area contributed by atoms with Gasteiger partial charge in [-0.05, 0) is 36.9 Å². The standard InChI is InChI=1S/C29H29N7O.C6H15NO2/c1-18-10-11-20(15-30-18)22-12-13-25(24-9-7-6-8-23(22)24)33-28(37)34-27-14-26(29(3,4)5)35-36(27)21-16-31-19(2)32-17-21;1-8-5-3-7-4-6-9-2/h6-17H,1-5H3,(H2,33,34,37);7H,3-6H2,1-2H3. The second-order valence-corrected chi connectivity index (χ2v) is 11.8. The predicted octanol–water partition coefficient (Wildman–Crippen LogP) is 6.30. The number of fused-ring (bicyclic) bond motifs is 1. The van der Waals surface area contributed by atoms with E-state index in [1.807, 2.05) is 62.5 Å². The van der Waals surface area contributed by atoms with Crippen molar-refractivity contribution >= 4 is 28.3 Å². The maximum Gasteiger partial charge on any atom is 0.324 e. The normalized spacial score (nSPS) is 11.2. The molecule has 0 fully saturated rings. The van der Waals surface area contributed by atoms with Gasteiger partial charge in [0.1, 0.15) is 17.3 Å². The quantitative estimate of drug-likeness (QED) is 0.154. The maximum absolute atomic E-state index is 13.2. The number of carbonyl (C=O) groups excluding carboxylic acids is 1. The van der Waals surface area contributed by atoms with Crippen molar-refractivity contribution in [3.8, 4) is 16.8 Å². The highest BCUT2D eigenvalue weighted by atomic mass is 16.5. The molecule has 11 heteroatoms. The number of benzene rings is 2. The van der Waals surface area contributed by atoms with Crippen LogP contribution < -0.4 is 16.0 Å². The molecule has 3 heterocycles. The predicted molar refractivity (Wildman–Crippen MR) is 184 cm³/mol. The number of amides is 2. The van der Waals surface area contributed by atoms with Crippen LogP contribution in [0.5, 0.6) is 0 Å². The highest BCUT2D eigenvalue weighted by molar-refractivity contribution is 6.09. The first kappa shape index (κ1) is 34.2. The molecule has 0 bridgehead atoms. The Morgan fingerprint density at radius 1 is 0.826 bits per heavy atom. The third-order valence-corrected chi connectivity index (χ3v) is 7.09. The second-order valence-electron chi connectivity index (χ2n) is 11.8. The molecule has 242 valence electrons. The molecule has 5 aromatic rings. The lowest BCUT2D eigenvalue weighted by Crippen LogP contribution is -2.23. The average molecular weight is 625 g/mol. The second kappa shape index (κ2) is 16.0. The first-order valence-electron chi connectivity index (χ1n) is 15.2. The minimum Gasteiger partial charge on any atom is -0.383 e. The average Bonchev–Trinajstić information content (AvgIpc) is 3.47. The van der Waals surface area contributed by atoms with Crippen molar-refractivity contribution in [3.63, 3.8) is 0 Å². The molecule has 2 aromatic carbocycles. The molecular weight excluding hydrogens is 580 g/mol. The van der Waals surface area contributed by atoms with E-state index in [1.54, 1.807) is 31.3 Å². The molecule has 0 atom stereocenters. The number of urea groups is 1. The molecule has 0 saturated carbocycles. The van der Waals surface area contributed by atoms with Crippen molar-refractivity contribution < 1.29 is 14.3 Å². The van der Waals surface area contributed by atoms with Gasteiger partial charge in [0.2, 0.25) is 0 Å². The van der Waals surface area contributed by atoms with Gasteiger partial charge in [0.15, 0.2) is 0 Å². The van der Waals surface area contributed by atoms with E-state index in [-0.39, 0.29) is 11.4 Å². The van der Waals surface area contributed by atoms with Gasteiger partial charge in [-0.2, -0.15) is 5.10 Å². The zero-order chi connectivity index (χ0) is 33.1. The molecule has 11 nitrogen and oxygen atoms in total. The summed E-state index contributed by atoms with van der Waals surface area (Å²) >= 11 is 0. The number of nitrogens with one attached hydrogen (secondary N) is 3. The van der Waals surface area contributed by atoms with Gasteiger partial charge in [0.25, 0.3) is 0 Å². The van der Waals surface area contributed by atoms with Crippen LogP contribution >= 0.6 is 0 Å². The number of aryl methyl sites for hydroxylation is 2. The summed E-state index contributed by atoms with van der Waals surface area (Å²) in [4.78, 5) is 26.2. The van der Waals surface area contributed by atoms with Crippen molar-refractivity contribution in [2.75, 3.05) is 51.2 Å². The summed E-state index contributed by atoms with van der Waals surface area (Å²) in [7, 11) is 3.38. The van der Waals surface area contributed by atoms with E-state index < -0.39 is 0 Å². The molecule has 0 saturated heterocycles. The van der Waals surface area contributed by atoms with E-state index in [0.717, 1.165) is 59.6 Å². The Balaban J connectivity index is 0.000000468. The number of hydrogen-bond donors (Lipinski definition) is 3. The Kier molecular flexibility index (Phi) is 11.9. The molecular formula is C35H44N8O3. The largest absolute Gasteiger partial charge is 0.383 e. The van der Waals surface area contributed by atoms with Gasteiger partial charge >= 0.3 is 6.03 Å². The van der Waals surface area contributed by atoms with Crippen molar-refractivity contribution in [3.05, 3.63) is 90.4 Å². The van der Waals surface area contributed by atoms with Gasteiger partial charge in [-0.1, -0.05) is 57.2 Å². The van der Waals surface area contributed by atoms with Crippen LogP contribution in [0, 0.1) is 13.8 Å². The number of ether oxygens (including phenoxy) is 2. The number of nitrogens with zero attached hydrogens (tertiary/aromatic N) is 5. The minimum absolute atomic E-state index is 0.208. The van der Waals surface area contributed by atoms with Crippen LogP contribution in [0.4, 0.5) is 16.3 Å². The van der Waals surface area contributed by atoms with Gasteiger partial charge < -0.3 is 20.1 Å². The minimum atomic E-state index is -0.371. The molecule has 0 aliphatic rings. The summed E-state index contributed by atoms with van der Waals surface area (Å²) in [6, 6.07) is 17.5. The van der Waals surface area contributed by atoms with Gasteiger partial charge in [0.05, 0.1) is 37.0 Å². The highest BCUT2D eigenvalue weighted by Crippen LogP contribution is 2.33. The summed E-state index contributed by atoms with van der Waals surface area (Å²) < 4.78 is 11.3. The molecule has 3 N–H and O–H groups in total. The Morgan fingerprint density at radius 2 is 1.50 bits per heavy atom. The summed E-state index contributed by atoms with van der Waals surface area (Å²) in [5.74, 6) is 1.19. The summed E-state index contributed by atoms with van der Waals surface area (Å²) in [5.41, 5.74) is 5.05. The zero-order valence-electron chi connectivity index (χ0n) is 27.7. The van der Waals surface area contributed by atoms with Crippen LogP contribution in [0.25, 0.3) is 27.6 Å². The fourth-order valence-electron chi connectivity index (χ4n) is 4.56. The van der Waals surface area contributed by atoms with Crippen LogP contribution in [0.15, 0.2) is 73.2 Å². The van der Waals surface area contributed by atoms with Crippen LogP contribution in [0.2, 0.25) is 0 Å². The molecule has 5 rings (SSSR count). The van der Waals surface area contributed by atoms with Crippen LogP contribution in [-0.2, 0) is 14.9 Å². The summed E-state index contributed by atoms with van der Waals surface area (Å²) in [6.45, 7) is 13.4. The maximum atomic E-state index is 13.2. The topological polar surface area (TPSA) is 128 Å². The van der Waals surface area contributed by atoms with E-state index >= 15 is 0 Å². The Bertz CT molecular complexity index is 1710. The molecule has 0 radical (unpaired) electrons. The van der Waals surface area contributed by atoms with Crippen LogP contribution in [0.3, 0.4) is 0 Å². The number of hydrogen-bond acceptors (Lipinski definition) is 8. The monoisotopic (exact) mass is 624 g/mol. The van der Waals surface area contributed by atoms with Gasteiger partial charge in [-0.25, -0.2) is 19.4 Å². The lowest BCUT2D eigenvalue weighted by atomic mass is 9.92. The van der Waals surface area contributed by atoms with Gasteiger partial charge in [-0.15, -0.1) is 0 Å². The molecule has 0 aliphatic carbocycles. The van der Waals surface area contributed by atoms with Crippen molar-refractivity contribution in [1.82, 2.24) is 30.0 Å². The Labute approximate surface area is 270 Å². The highest BCUT2D eigenvalue weighted by Gasteiger charge is 2.22. The van der Waals surface area contributed by atoms with Gasteiger partial charge in [-0.3, -0.25) is 10.3 Å². The van der Waals surface area contributed by atoms with Crippen LogP contribution in [-0.4, -0.2) is 71.3 Å². The van der Waals surface area contributed by atoms with Crippen LogP contribution in [0.1, 0.15) is 38.0 Å². The smallest absolute Gasteiger partial charge is 0.324 e. The fourth-order valence-corrected chi connectivity index (χ4v) is 4.56. The van der Waals surface area contributed by atoms with Gasteiger partial charge in [0, 0.05) is 61.6 Å². The molecule has 0 unspecified atom stereocenters. The third kappa shape index (κ3) is 9.16. The first-order valence-corrected chi connectivity index (χ1v) is 15.2. The molecule has 2 amide bonds. The number of anilines is 2. The number of carbonyl (C=O) groups is 1. The van der Waals surface area contributed by atoms with E-state index in [0.29, 0.717) is 23.0 Å². The van der Waals surface area contributed by atoms with Crippen molar-refractivity contribution in [2.45, 2.75) is 40.0 Å². The molecule has 46 heavy (non-hydrogen) atoms. The van der Waals surface area contributed by atoms with E-state index in [9.17, 15) is 4.79 Å². The molecule has 0 aliphatic heterocycles. The zero-order valence-corrected chi connectivity index (χ0v) is 27.7. The van der Waals surface area contributed by atoms with Crippen molar-refractivity contribution in [1.29, 1.82) is 0 Å². The number of aromatic nitrogens is 5. The number of methoxy groups -OCH3 is 2. The molecule has 0 spiro atoms. The lowest BCUT2D eigenvalue weighted by Gasteiger charge is -2.14. The summed E-state index contributed by atoms with van der Waals surface area (Å²) in [6.07, 6.45) is 5.26. The Morgan fingerprint density at radius 3 is 2.11 bits per heavy atom. The third-order valence-electron chi connectivity index (χ3n) is 7.09. The fraction of sp³-hybridized carbons (Fsp3) is 0.343. The molecule has 3 aromatic heterocycles.